The third-order valence-electron chi connectivity index (χ3n) is 7.34. The summed E-state index contributed by atoms with van der Waals surface area (Å²) in [6.45, 7) is 6.48. The molecule has 1 aliphatic heterocycles. The third kappa shape index (κ3) is 5.58. The molecule has 7 nitrogen and oxygen atoms in total. The predicted octanol–water partition coefficient (Wildman–Crippen LogP) is 4.97. The largest absolute Gasteiger partial charge is 0.481 e. The highest BCUT2D eigenvalue weighted by molar-refractivity contribution is 6.46. The molecular weight excluding hydrogens is 473 g/mol. The molecule has 1 fully saturated rings. The molecule has 2 aromatic rings. The minimum atomic E-state index is -0.973. The molecule has 8 heteroatoms. The number of rotatable bonds is 8. The highest BCUT2D eigenvalue weighted by atomic mass is 19.1. The fourth-order valence-corrected chi connectivity index (χ4v) is 5.99. The van der Waals surface area contributed by atoms with E-state index in [9.17, 15) is 18.8 Å². The number of nitrogens with one attached hydrogen (secondary N) is 1. The monoisotopic (exact) mass is 507 g/mol. The van der Waals surface area contributed by atoms with Gasteiger partial charge in [0.15, 0.2) is 0 Å². The first-order valence-corrected chi connectivity index (χ1v) is 12.9. The number of carboxylic acid groups (broad SMARTS) is 1. The van der Waals surface area contributed by atoms with Gasteiger partial charge < -0.3 is 15.3 Å². The van der Waals surface area contributed by atoms with Gasteiger partial charge in [0.1, 0.15) is 17.2 Å². The standard InChI is InChI=1S/C29H34FN3O4/c1-4-24(20-5-7-22(8-6-20)27(36)31-14-13-25(34)35)33-28(37)26(21-9-11-23(30)12-10-21)32-29(33)16-18(2)15-19(3)17-29/h5-12,18-19,24H,4,13-17H2,1-3H3,(H,31,36)(H,34,35)/t18?,19?,24-,29?/m1/s1. The molecule has 1 heterocycles. The lowest BCUT2D eigenvalue weighted by Gasteiger charge is -2.47. The van der Waals surface area contributed by atoms with E-state index in [0.29, 0.717) is 35.1 Å². The van der Waals surface area contributed by atoms with Crippen LogP contribution in [-0.4, -0.2) is 45.7 Å². The maximum absolute atomic E-state index is 14.0. The smallest absolute Gasteiger partial charge is 0.305 e. The van der Waals surface area contributed by atoms with E-state index in [4.69, 9.17) is 10.1 Å². The molecule has 0 saturated heterocycles. The van der Waals surface area contributed by atoms with Crippen molar-refractivity contribution in [3.63, 3.8) is 0 Å². The molecule has 1 saturated carbocycles. The van der Waals surface area contributed by atoms with Crippen molar-refractivity contribution < 1.29 is 23.9 Å². The molecule has 3 atom stereocenters. The van der Waals surface area contributed by atoms with Crippen LogP contribution in [0.3, 0.4) is 0 Å². The van der Waals surface area contributed by atoms with Gasteiger partial charge in [0.25, 0.3) is 11.8 Å². The van der Waals surface area contributed by atoms with E-state index in [1.54, 1.807) is 24.3 Å². The van der Waals surface area contributed by atoms with Gasteiger partial charge in [0, 0.05) is 17.7 Å². The van der Waals surface area contributed by atoms with Crippen molar-refractivity contribution in [3.05, 3.63) is 71.0 Å². The van der Waals surface area contributed by atoms with Gasteiger partial charge in [-0.05, 0) is 79.5 Å². The number of aliphatic carboxylic acids is 1. The molecule has 0 radical (unpaired) electrons. The van der Waals surface area contributed by atoms with E-state index < -0.39 is 11.6 Å². The zero-order chi connectivity index (χ0) is 26.7. The Morgan fingerprint density at radius 3 is 2.30 bits per heavy atom. The summed E-state index contributed by atoms with van der Waals surface area (Å²) in [5, 5.41) is 11.4. The van der Waals surface area contributed by atoms with Crippen LogP contribution in [0.1, 0.15) is 80.4 Å². The van der Waals surface area contributed by atoms with Crippen LogP contribution in [0.2, 0.25) is 0 Å². The first kappa shape index (κ1) is 26.5. The Balaban J connectivity index is 1.66. The predicted molar refractivity (Wildman–Crippen MR) is 139 cm³/mol. The average molecular weight is 508 g/mol. The van der Waals surface area contributed by atoms with Gasteiger partial charge in [-0.1, -0.05) is 32.9 Å². The summed E-state index contributed by atoms with van der Waals surface area (Å²) in [5.74, 6) is -1.05. The summed E-state index contributed by atoms with van der Waals surface area (Å²) in [6.07, 6.45) is 3.11. The van der Waals surface area contributed by atoms with Crippen molar-refractivity contribution in [2.45, 2.75) is 64.6 Å². The van der Waals surface area contributed by atoms with Gasteiger partial charge in [-0.3, -0.25) is 19.4 Å². The van der Waals surface area contributed by atoms with E-state index in [1.165, 1.54) is 12.1 Å². The van der Waals surface area contributed by atoms with Crippen molar-refractivity contribution in [3.8, 4) is 0 Å². The molecule has 1 spiro atoms. The Bertz CT molecular complexity index is 1180. The maximum atomic E-state index is 14.0. The summed E-state index contributed by atoms with van der Waals surface area (Å²) in [7, 11) is 0. The fourth-order valence-electron chi connectivity index (χ4n) is 5.99. The van der Waals surface area contributed by atoms with Crippen LogP contribution in [0.5, 0.6) is 0 Å². The average Bonchev–Trinajstić information content (AvgIpc) is 3.10. The Morgan fingerprint density at radius 2 is 1.73 bits per heavy atom. The first-order valence-electron chi connectivity index (χ1n) is 12.9. The SMILES string of the molecule is CC[C@H](c1ccc(C(=O)NCCC(=O)O)cc1)N1C(=O)C(c2ccc(F)cc2)=NC12CC(C)CC(C)C2. The van der Waals surface area contributed by atoms with Crippen molar-refractivity contribution >= 4 is 23.5 Å². The number of hydrogen-bond acceptors (Lipinski definition) is 4. The van der Waals surface area contributed by atoms with Gasteiger partial charge in [-0.15, -0.1) is 0 Å². The molecule has 0 bridgehead atoms. The van der Waals surface area contributed by atoms with Crippen molar-refractivity contribution in [1.29, 1.82) is 0 Å². The van der Waals surface area contributed by atoms with Gasteiger partial charge in [-0.2, -0.15) is 0 Å². The van der Waals surface area contributed by atoms with Crippen molar-refractivity contribution in [2.75, 3.05) is 6.54 Å². The molecule has 37 heavy (non-hydrogen) atoms. The van der Waals surface area contributed by atoms with Crippen LogP contribution in [0.4, 0.5) is 4.39 Å². The first-order chi connectivity index (χ1) is 17.6. The van der Waals surface area contributed by atoms with Crippen LogP contribution in [0.15, 0.2) is 53.5 Å². The second-order valence-electron chi connectivity index (χ2n) is 10.4. The lowest BCUT2D eigenvalue weighted by molar-refractivity contribution is -0.137. The molecule has 1 aliphatic carbocycles. The number of amides is 2. The number of carbonyl (C=O) groups is 3. The highest BCUT2D eigenvalue weighted by Crippen LogP contribution is 2.48. The summed E-state index contributed by atoms with van der Waals surface area (Å²) in [5.41, 5.74) is 1.63. The number of benzene rings is 2. The molecule has 2 unspecified atom stereocenters. The van der Waals surface area contributed by atoms with E-state index in [2.05, 4.69) is 19.2 Å². The van der Waals surface area contributed by atoms with Gasteiger partial charge in [0.05, 0.1) is 12.5 Å². The summed E-state index contributed by atoms with van der Waals surface area (Å²) in [6, 6.07) is 12.8. The highest BCUT2D eigenvalue weighted by Gasteiger charge is 2.52. The van der Waals surface area contributed by atoms with E-state index in [-0.39, 0.29) is 36.6 Å². The molecule has 2 N–H and O–H groups in total. The Kier molecular flexibility index (Phi) is 7.76. The van der Waals surface area contributed by atoms with Crippen molar-refractivity contribution in [2.24, 2.45) is 16.8 Å². The van der Waals surface area contributed by atoms with Crippen LogP contribution in [0, 0.1) is 17.7 Å². The molecule has 2 aromatic carbocycles. The van der Waals surface area contributed by atoms with Gasteiger partial charge in [-0.25, -0.2) is 4.39 Å². The normalized spacial score (nSPS) is 24.2. The van der Waals surface area contributed by atoms with Crippen LogP contribution < -0.4 is 5.32 Å². The number of carboxylic acids is 1. The molecular formula is C29H34FN3O4. The molecule has 0 aromatic heterocycles. The number of aliphatic imine (C=N–C) groups is 1. The fraction of sp³-hybridized carbons (Fsp3) is 0.448. The zero-order valence-corrected chi connectivity index (χ0v) is 21.5. The Morgan fingerprint density at radius 1 is 1.11 bits per heavy atom. The van der Waals surface area contributed by atoms with E-state index in [0.717, 1.165) is 24.8 Å². The number of nitrogens with zero attached hydrogens (tertiary/aromatic N) is 2. The molecule has 2 amide bonds. The van der Waals surface area contributed by atoms with Crippen molar-refractivity contribution in [1.82, 2.24) is 10.2 Å². The second kappa shape index (κ2) is 10.8. The van der Waals surface area contributed by atoms with E-state index in [1.807, 2.05) is 24.0 Å². The minimum absolute atomic E-state index is 0.0537. The minimum Gasteiger partial charge on any atom is -0.481 e. The lowest BCUT2D eigenvalue weighted by atomic mass is 9.75. The number of halogens is 1. The quantitative estimate of drug-likeness (QED) is 0.527. The second-order valence-corrected chi connectivity index (χ2v) is 10.4. The summed E-state index contributed by atoms with van der Waals surface area (Å²) < 4.78 is 13.6. The summed E-state index contributed by atoms with van der Waals surface area (Å²) >= 11 is 0. The van der Waals surface area contributed by atoms with E-state index >= 15 is 0 Å². The maximum Gasteiger partial charge on any atom is 0.305 e. The summed E-state index contributed by atoms with van der Waals surface area (Å²) in [4.78, 5) is 44.1. The van der Waals surface area contributed by atoms with Crippen LogP contribution >= 0.6 is 0 Å². The number of hydrogen-bond donors (Lipinski definition) is 2. The number of carbonyl (C=O) groups excluding carboxylic acids is 2. The van der Waals surface area contributed by atoms with Crippen LogP contribution in [0.25, 0.3) is 0 Å². The Hall–Kier alpha value is -3.55. The third-order valence-corrected chi connectivity index (χ3v) is 7.34. The molecule has 196 valence electrons. The lowest BCUT2D eigenvalue weighted by Crippen LogP contribution is -2.52. The van der Waals surface area contributed by atoms with Gasteiger partial charge in [0.2, 0.25) is 0 Å². The van der Waals surface area contributed by atoms with Crippen LogP contribution in [-0.2, 0) is 9.59 Å². The molecule has 2 aliphatic rings. The molecule has 4 rings (SSSR count). The topological polar surface area (TPSA) is 99.1 Å². The Labute approximate surface area is 216 Å². The van der Waals surface area contributed by atoms with Gasteiger partial charge >= 0.3 is 5.97 Å². The zero-order valence-electron chi connectivity index (χ0n) is 21.5.